The van der Waals surface area contributed by atoms with Crippen LogP contribution in [0.1, 0.15) is 39.0 Å². The van der Waals surface area contributed by atoms with E-state index in [1.165, 1.54) is 4.90 Å². The van der Waals surface area contributed by atoms with Gasteiger partial charge in [0.15, 0.2) is 13.2 Å². The number of benzene rings is 1. The Morgan fingerprint density at radius 3 is 2.22 bits per heavy atom. The Morgan fingerprint density at radius 2 is 1.67 bits per heavy atom. The van der Waals surface area contributed by atoms with E-state index in [0.29, 0.717) is 25.2 Å². The number of ether oxygens (including phenoxy) is 3. The lowest BCUT2D eigenvalue weighted by Crippen LogP contribution is -2.51. The van der Waals surface area contributed by atoms with Gasteiger partial charge in [-0.25, -0.2) is 4.79 Å². The fourth-order valence-electron chi connectivity index (χ4n) is 3.12. The predicted molar refractivity (Wildman–Crippen MR) is 98.3 cm³/mol. The van der Waals surface area contributed by atoms with Crippen molar-refractivity contribution in [3.05, 3.63) is 24.3 Å². The Hall–Kier alpha value is -2.75. The number of carbonyl (C=O) groups excluding carboxylic acids is 2. The molecule has 0 unspecified atom stereocenters. The molecule has 0 aromatic heterocycles. The first-order valence-corrected chi connectivity index (χ1v) is 9.20. The molecule has 1 aromatic carbocycles. The summed E-state index contributed by atoms with van der Waals surface area (Å²) in [6.07, 6.45) is 4.21. The van der Waals surface area contributed by atoms with Gasteiger partial charge < -0.3 is 19.1 Å². The quantitative estimate of drug-likeness (QED) is 0.650. The summed E-state index contributed by atoms with van der Waals surface area (Å²) in [6.45, 7) is 1.77. The lowest BCUT2D eigenvalue weighted by Gasteiger charge is -2.38. The van der Waals surface area contributed by atoms with Gasteiger partial charge in [-0.15, -0.1) is 0 Å². The zero-order valence-electron chi connectivity index (χ0n) is 15.9. The molecule has 0 aliphatic heterocycles. The number of nitriles is 1. The second-order valence-electron chi connectivity index (χ2n) is 6.51. The highest BCUT2D eigenvalue weighted by Gasteiger charge is 2.38. The van der Waals surface area contributed by atoms with E-state index in [4.69, 9.17) is 14.2 Å². The highest BCUT2D eigenvalue weighted by atomic mass is 16.6. The van der Waals surface area contributed by atoms with E-state index in [1.807, 2.05) is 6.92 Å². The predicted octanol–water partition coefficient (Wildman–Crippen LogP) is 2.69. The number of hydrogen-bond acceptors (Lipinski definition) is 6. The molecule has 2 rings (SSSR count). The lowest BCUT2D eigenvalue weighted by atomic mass is 9.81. The molecule has 7 nitrogen and oxygen atoms in total. The molecule has 1 aliphatic carbocycles. The third kappa shape index (κ3) is 5.61. The van der Waals surface area contributed by atoms with Crippen LogP contribution in [-0.4, -0.2) is 49.2 Å². The second-order valence-corrected chi connectivity index (χ2v) is 6.51. The number of rotatable bonds is 8. The number of amides is 1. The van der Waals surface area contributed by atoms with E-state index >= 15 is 0 Å². The molecule has 146 valence electrons. The average Bonchev–Trinajstić information content (AvgIpc) is 2.71. The number of nitrogens with zero attached hydrogens (tertiary/aromatic N) is 2. The Labute approximate surface area is 159 Å². The summed E-state index contributed by atoms with van der Waals surface area (Å²) in [6, 6.07) is 9.15. The Balaban J connectivity index is 1.77. The first kappa shape index (κ1) is 20.6. The summed E-state index contributed by atoms with van der Waals surface area (Å²) in [5, 5.41) is 9.52. The highest BCUT2D eigenvalue weighted by Crippen LogP contribution is 2.32. The molecule has 27 heavy (non-hydrogen) atoms. The van der Waals surface area contributed by atoms with Crippen LogP contribution in [0.3, 0.4) is 0 Å². The first-order valence-electron chi connectivity index (χ1n) is 9.20. The molecule has 0 radical (unpaired) electrons. The minimum Gasteiger partial charge on any atom is -0.494 e. The summed E-state index contributed by atoms with van der Waals surface area (Å²) in [5.41, 5.74) is -0.791. The molecule has 7 heteroatoms. The number of esters is 1. The van der Waals surface area contributed by atoms with E-state index in [-0.39, 0.29) is 12.5 Å². The van der Waals surface area contributed by atoms with Crippen molar-refractivity contribution >= 4 is 11.9 Å². The Bertz CT molecular complexity index is 675. The van der Waals surface area contributed by atoms with Gasteiger partial charge in [0.2, 0.25) is 0 Å². The van der Waals surface area contributed by atoms with Crippen molar-refractivity contribution in [2.24, 2.45) is 0 Å². The third-order valence-electron chi connectivity index (χ3n) is 4.75. The molecule has 1 aliphatic rings. The van der Waals surface area contributed by atoms with E-state index in [0.717, 1.165) is 25.0 Å². The normalized spacial score (nSPS) is 15.3. The van der Waals surface area contributed by atoms with Crippen LogP contribution in [0.2, 0.25) is 0 Å². The van der Waals surface area contributed by atoms with Crippen LogP contribution in [0.5, 0.6) is 11.5 Å². The molecule has 0 spiro atoms. The van der Waals surface area contributed by atoms with Crippen molar-refractivity contribution in [1.82, 2.24) is 4.90 Å². The smallest absolute Gasteiger partial charge is 0.344 e. The third-order valence-corrected chi connectivity index (χ3v) is 4.75. The summed E-state index contributed by atoms with van der Waals surface area (Å²) < 4.78 is 15.7. The molecule has 0 heterocycles. The summed E-state index contributed by atoms with van der Waals surface area (Å²) in [5.74, 6) is 0.202. The fourth-order valence-corrected chi connectivity index (χ4v) is 3.12. The van der Waals surface area contributed by atoms with Crippen LogP contribution in [-0.2, 0) is 14.3 Å². The van der Waals surface area contributed by atoms with Crippen LogP contribution in [0.25, 0.3) is 0 Å². The topological polar surface area (TPSA) is 88.9 Å². The first-order chi connectivity index (χ1) is 13.0. The summed E-state index contributed by atoms with van der Waals surface area (Å²) >= 11 is 0. The van der Waals surface area contributed by atoms with Gasteiger partial charge in [0, 0.05) is 7.05 Å². The molecule has 1 fully saturated rings. The molecule has 0 bridgehead atoms. The second kappa shape index (κ2) is 9.81. The van der Waals surface area contributed by atoms with Crippen molar-refractivity contribution in [2.45, 2.75) is 44.6 Å². The van der Waals surface area contributed by atoms with E-state index in [9.17, 15) is 14.9 Å². The molecular weight excluding hydrogens is 348 g/mol. The molecule has 0 saturated heterocycles. The minimum absolute atomic E-state index is 0.297. The van der Waals surface area contributed by atoms with Gasteiger partial charge >= 0.3 is 5.97 Å². The molecule has 0 N–H and O–H groups in total. The van der Waals surface area contributed by atoms with Gasteiger partial charge in [0.05, 0.1) is 12.7 Å². The maximum Gasteiger partial charge on any atom is 0.344 e. The van der Waals surface area contributed by atoms with Crippen LogP contribution >= 0.6 is 0 Å². The van der Waals surface area contributed by atoms with Crippen LogP contribution in [0.4, 0.5) is 0 Å². The zero-order valence-corrected chi connectivity index (χ0v) is 15.9. The maximum atomic E-state index is 12.3. The van der Waals surface area contributed by atoms with Crippen molar-refractivity contribution in [3.63, 3.8) is 0 Å². The van der Waals surface area contributed by atoms with E-state index in [1.54, 1.807) is 31.3 Å². The number of carbonyl (C=O) groups is 2. The molecule has 1 amide bonds. The Morgan fingerprint density at radius 1 is 1.07 bits per heavy atom. The zero-order chi connectivity index (χ0) is 19.7. The van der Waals surface area contributed by atoms with Crippen molar-refractivity contribution in [2.75, 3.05) is 26.9 Å². The average molecular weight is 374 g/mol. The number of hydrogen-bond donors (Lipinski definition) is 0. The van der Waals surface area contributed by atoms with Gasteiger partial charge in [0.1, 0.15) is 17.0 Å². The van der Waals surface area contributed by atoms with E-state index < -0.39 is 18.1 Å². The molecular formula is C20H26N2O5. The maximum absolute atomic E-state index is 12.3. The van der Waals surface area contributed by atoms with Crippen molar-refractivity contribution in [1.29, 1.82) is 5.26 Å². The fraction of sp³-hybridized carbons (Fsp3) is 0.550. The van der Waals surface area contributed by atoms with Gasteiger partial charge in [-0.1, -0.05) is 19.3 Å². The summed E-state index contributed by atoms with van der Waals surface area (Å²) in [7, 11) is 1.60. The van der Waals surface area contributed by atoms with Crippen LogP contribution in [0, 0.1) is 11.3 Å². The largest absolute Gasteiger partial charge is 0.494 e. The molecule has 0 atom stereocenters. The van der Waals surface area contributed by atoms with Crippen molar-refractivity contribution in [3.8, 4) is 17.6 Å². The van der Waals surface area contributed by atoms with Crippen LogP contribution in [0.15, 0.2) is 24.3 Å². The molecule has 1 aromatic rings. The number of likely N-dealkylation sites (N-methyl/N-ethyl adjacent to an activating group) is 1. The lowest BCUT2D eigenvalue weighted by molar-refractivity contribution is -0.155. The van der Waals surface area contributed by atoms with Gasteiger partial charge in [0.25, 0.3) is 5.91 Å². The van der Waals surface area contributed by atoms with Gasteiger partial charge in [-0.3, -0.25) is 4.79 Å². The SMILES string of the molecule is CCOc1ccc(OCC(=O)OCC(=O)N(C)C2(C#N)CCCCC2)cc1. The standard InChI is InChI=1S/C20H26N2O5/c1-3-25-16-7-9-17(10-8-16)26-14-19(24)27-13-18(23)22(2)20(15-21)11-5-4-6-12-20/h7-10H,3-6,11-14H2,1-2H3. The van der Waals surface area contributed by atoms with Gasteiger partial charge in [-0.05, 0) is 44.0 Å². The van der Waals surface area contributed by atoms with Crippen LogP contribution < -0.4 is 9.47 Å². The monoisotopic (exact) mass is 374 g/mol. The van der Waals surface area contributed by atoms with E-state index in [2.05, 4.69) is 6.07 Å². The summed E-state index contributed by atoms with van der Waals surface area (Å²) in [4.78, 5) is 25.6. The Kier molecular flexibility index (Phi) is 7.47. The van der Waals surface area contributed by atoms with Crippen molar-refractivity contribution < 1.29 is 23.8 Å². The minimum atomic E-state index is -0.791. The molecule has 1 saturated carbocycles. The van der Waals surface area contributed by atoms with Gasteiger partial charge in [-0.2, -0.15) is 5.26 Å². The highest BCUT2D eigenvalue weighted by molar-refractivity contribution is 5.81.